The lowest BCUT2D eigenvalue weighted by Crippen LogP contribution is -1.89. The summed E-state index contributed by atoms with van der Waals surface area (Å²) in [5, 5.41) is 2.13. The summed E-state index contributed by atoms with van der Waals surface area (Å²) in [7, 11) is 0. The Kier molecular flexibility index (Phi) is 7.92. The molecule has 0 aliphatic carbocycles. The zero-order valence-corrected chi connectivity index (χ0v) is 18.7. The first-order chi connectivity index (χ1) is 11.9. The average molecular weight is 391 g/mol. The molecule has 0 nitrogen and oxygen atoms in total. The fourth-order valence-electron chi connectivity index (χ4n) is 2.43. The third kappa shape index (κ3) is 6.40. The number of thiophene rings is 3. The van der Waals surface area contributed by atoms with Gasteiger partial charge in [0.15, 0.2) is 0 Å². The van der Waals surface area contributed by atoms with E-state index in [4.69, 9.17) is 0 Å². The summed E-state index contributed by atoms with van der Waals surface area (Å²) in [6, 6.07) is 13.3. The Morgan fingerprint density at radius 1 is 0.720 bits per heavy atom. The van der Waals surface area contributed by atoms with Crippen molar-refractivity contribution >= 4 is 34.0 Å². The van der Waals surface area contributed by atoms with Crippen molar-refractivity contribution in [3.05, 3.63) is 56.4 Å². The fraction of sp³-hybridized carbons (Fsp3) is 0.455. The van der Waals surface area contributed by atoms with Gasteiger partial charge in [-0.15, -0.1) is 34.0 Å². The molecule has 0 amide bonds. The Hall–Kier alpha value is -0.900. The van der Waals surface area contributed by atoms with E-state index in [1.807, 2.05) is 34.0 Å². The maximum absolute atomic E-state index is 2.28. The van der Waals surface area contributed by atoms with Gasteiger partial charge in [0.1, 0.15) is 0 Å². The van der Waals surface area contributed by atoms with E-state index in [1.54, 1.807) is 0 Å². The Labute approximate surface area is 165 Å². The molecule has 0 N–H and O–H groups in total. The van der Waals surface area contributed by atoms with Crippen molar-refractivity contribution in [2.45, 2.75) is 59.8 Å². The molecule has 0 atom stereocenters. The fourth-order valence-corrected chi connectivity index (χ4v) is 5.50. The second kappa shape index (κ2) is 9.70. The molecule has 0 bridgehead atoms. The molecule has 0 aromatic carbocycles. The second-order valence-corrected chi connectivity index (χ2v) is 10.7. The van der Waals surface area contributed by atoms with Crippen LogP contribution in [0.3, 0.4) is 0 Å². The van der Waals surface area contributed by atoms with Gasteiger partial charge < -0.3 is 0 Å². The van der Waals surface area contributed by atoms with Crippen LogP contribution in [0.15, 0.2) is 41.8 Å². The summed E-state index contributed by atoms with van der Waals surface area (Å²) in [5.74, 6) is 2.12. The molecule has 0 saturated heterocycles. The number of hydrogen-bond acceptors (Lipinski definition) is 3. The van der Waals surface area contributed by atoms with E-state index < -0.39 is 0 Å². The van der Waals surface area contributed by atoms with E-state index in [0.717, 1.165) is 5.92 Å². The van der Waals surface area contributed by atoms with Gasteiger partial charge in [-0.05, 0) is 59.9 Å². The van der Waals surface area contributed by atoms with Crippen LogP contribution >= 0.6 is 34.0 Å². The summed E-state index contributed by atoms with van der Waals surface area (Å²) in [6.45, 7) is 13.5. The minimum absolute atomic E-state index is 0.652. The first-order valence-corrected chi connectivity index (χ1v) is 11.6. The van der Waals surface area contributed by atoms with Gasteiger partial charge >= 0.3 is 0 Å². The minimum Gasteiger partial charge on any atom is -0.145 e. The molecule has 3 rings (SSSR count). The standard InChI is InChI=1S/C11H12S2.C11H18S/c1-8(2)9-5-6-11(13-9)10-4-3-7-12-10;1-8(2)7-10-5-6-11(12-10)9(3)4/h3-8H,1-2H3;5-6,8-9H,7H2,1-4H3. The molecule has 0 saturated carbocycles. The molecule has 0 aliphatic rings. The number of hydrogen-bond donors (Lipinski definition) is 0. The molecular weight excluding hydrogens is 360 g/mol. The van der Waals surface area contributed by atoms with Crippen LogP contribution in [0, 0.1) is 5.92 Å². The SMILES string of the molecule is CC(C)Cc1ccc(C(C)C)s1.CC(C)c1ccc(-c2cccs2)s1. The van der Waals surface area contributed by atoms with Crippen LogP contribution in [0.1, 0.15) is 68.0 Å². The number of rotatable bonds is 5. The quantitative estimate of drug-likeness (QED) is 0.409. The summed E-state index contributed by atoms with van der Waals surface area (Å²) >= 11 is 5.69. The van der Waals surface area contributed by atoms with Crippen molar-refractivity contribution < 1.29 is 0 Å². The topological polar surface area (TPSA) is 0 Å². The van der Waals surface area contributed by atoms with Crippen LogP contribution < -0.4 is 0 Å². The third-order valence-corrected chi connectivity index (χ3v) is 7.68. The smallest absolute Gasteiger partial charge is 0.0445 e. The molecule has 3 aromatic rings. The molecular formula is C22H30S3. The summed E-state index contributed by atoms with van der Waals surface area (Å²) in [5.41, 5.74) is 0. The van der Waals surface area contributed by atoms with Crippen LogP contribution in [0.5, 0.6) is 0 Å². The lowest BCUT2D eigenvalue weighted by atomic mass is 10.1. The highest BCUT2D eigenvalue weighted by Crippen LogP contribution is 2.34. The average Bonchev–Trinajstić information content (AvgIpc) is 3.28. The van der Waals surface area contributed by atoms with Gasteiger partial charge in [0.25, 0.3) is 0 Å². The summed E-state index contributed by atoms with van der Waals surface area (Å²) in [4.78, 5) is 7.32. The predicted octanol–water partition coefficient (Wildman–Crippen LogP) is 8.67. The van der Waals surface area contributed by atoms with Gasteiger partial charge in [0, 0.05) is 24.4 Å². The van der Waals surface area contributed by atoms with E-state index in [0.29, 0.717) is 11.8 Å². The lowest BCUT2D eigenvalue weighted by Gasteiger charge is -2.01. The highest BCUT2D eigenvalue weighted by molar-refractivity contribution is 7.21. The summed E-state index contributed by atoms with van der Waals surface area (Å²) < 4.78 is 0. The first-order valence-electron chi connectivity index (χ1n) is 9.09. The van der Waals surface area contributed by atoms with Crippen molar-refractivity contribution in [1.29, 1.82) is 0 Å². The second-order valence-electron chi connectivity index (χ2n) is 7.39. The Bertz CT molecular complexity index is 727. The highest BCUT2D eigenvalue weighted by Gasteiger charge is 2.06. The van der Waals surface area contributed by atoms with Crippen molar-refractivity contribution in [3.8, 4) is 9.75 Å². The third-order valence-electron chi connectivity index (χ3n) is 3.82. The van der Waals surface area contributed by atoms with Gasteiger partial charge in [-0.25, -0.2) is 0 Å². The van der Waals surface area contributed by atoms with E-state index >= 15 is 0 Å². The van der Waals surface area contributed by atoms with Crippen molar-refractivity contribution in [2.24, 2.45) is 5.92 Å². The van der Waals surface area contributed by atoms with Crippen LogP contribution in [0.25, 0.3) is 9.75 Å². The molecule has 0 aliphatic heterocycles. The van der Waals surface area contributed by atoms with Crippen LogP contribution in [0.4, 0.5) is 0 Å². The monoisotopic (exact) mass is 390 g/mol. The minimum atomic E-state index is 0.652. The molecule has 0 unspecified atom stereocenters. The van der Waals surface area contributed by atoms with E-state index in [-0.39, 0.29) is 0 Å². The normalized spacial score (nSPS) is 11.2. The maximum atomic E-state index is 2.28. The summed E-state index contributed by atoms with van der Waals surface area (Å²) in [6.07, 6.45) is 1.23. The van der Waals surface area contributed by atoms with Gasteiger partial charge in [-0.2, -0.15) is 0 Å². The first kappa shape index (κ1) is 20.4. The van der Waals surface area contributed by atoms with Crippen LogP contribution in [-0.4, -0.2) is 0 Å². The van der Waals surface area contributed by atoms with Crippen molar-refractivity contribution in [2.75, 3.05) is 0 Å². The van der Waals surface area contributed by atoms with E-state index in [2.05, 4.69) is 83.3 Å². The van der Waals surface area contributed by atoms with E-state index in [9.17, 15) is 0 Å². The van der Waals surface area contributed by atoms with E-state index in [1.165, 1.54) is 30.8 Å². The molecule has 3 heterocycles. The molecule has 3 aromatic heterocycles. The van der Waals surface area contributed by atoms with Crippen molar-refractivity contribution in [3.63, 3.8) is 0 Å². The van der Waals surface area contributed by atoms with Crippen LogP contribution in [-0.2, 0) is 6.42 Å². The van der Waals surface area contributed by atoms with Gasteiger partial charge in [-0.3, -0.25) is 0 Å². The Morgan fingerprint density at radius 2 is 1.36 bits per heavy atom. The maximum Gasteiger partial charge on any atom is 0.0445 e. The zero-order chi connectivity index (χ0) is 18.4. The van der Waals surface area contributed by atoms with Gasteiger partial charge in [0.05, 0.1) is 0 Å². The van der Waals surface area contributed by atoms with Crippen molar-refractivity contribution in [1.82, 2.24) is 0 Å². The lowest BCUT2D eigenvalue weighted by molar-refractivity contribution is 0.654. The largest absolute Gasteiger partial charge is 0.145 e. The molecule has 25 heavy (non-hydrogen) atoms. The molecule has 0 spiro atoms. The highest BCUT2D eigenvalue weighted by atomic mass is 32.1. The predicted molar refractivity (Wildman–Crippen MR) is 119 cm³/mol. The molecule has 0 radical (unpaired) electrons. The molecule has 3 heteroatoms. The van der Waals surface area contributed by atoms with Gasteiger partial charge in [-0.1, -0.05) is 47.6 Å². The van der Waals surface area contributed by atoms with Crippen LogP contribution in [0.2, 0.25) is 0 Å². The zero-order valence-electron chi connectivity index (χ0n) is 16.2. The Morgan fingerprint density at radius 3 is 1.84 bits per heavy atom. The molecule has 136 valence electrons. The van der Waals surface area contributed by atoms with Gasteiger partial charge in [0.2, 0.25) is 0 Å². The molecule has 0 fully saturated rings. The Balaban J connectivity index is 0.000000181.